The molecule has 14 heavy (non-hydrogen) atoms. The van der Waals surface area contributed by atoms with E-state index in [0.717, 1.165) is 19.3 Å². The van der Waals surface area contributed by atoms with E-state index in [4.69, 9.17) is 0 Å². The van der Waals surface area contributed by atoms with Crippen molar-refractivity contribution in [2.24, 2.45) is 5.92 Å². The lowest BCUT2D eigenvalue weighted by Crippen LogP contribution is -2.23. The first-order chi connectivity index (χ1) is 6.81. The van der Waals surface area contributed by atoms with E-state index in [9.17, 15) is 4.79 Å². The second-order valence-corrected chi connectivity index (χ2v) is 4.18. The van der Waals surface area contributed by atoms with Crippen LogP contribution in [0.2, 0.25) is 0 Å². The fourth-order valence-corrected chi connectivity index (χ4v) is 2.49. The number of Topliss-reactive ketones (excluding diaryl/α,β-unsaturated/α-hetero) is 1. The lowest BCUT2D eigenvalue weighted by molar-refractivity contribution is -0.121. The van der Waals surface area contributed by atoms with Crippen LogP contribution in [0.25, 0.3) is 0 Å². The molecule has 1 aromatic heterocycles. The van der Waals surface area contributed by atoms with Crippen LogP contribution in [0.4, 0.5) is 0 Å². The highest BCUT2D eigenvalue weighted by Crippen LogP contribution is 2.37. The molecule has 0 radical (unpaired) electrons. The van der Waals surface area contributed by atoms with Gasteiger partial charge in [-0.05, 0) is 24.5 Å². The monoisotopic (exact) mass is 191 g/mol. The normalized spacial score (nSPS) is 27.9. The zero-order valence-electron chi connectivity index (χ0n) is 8.62. The Kier molecular flexibility index (Phi) is 2.71. The van der Waals surface area contributed by atoms with Gasteiger partial charge in [0.1, 0.15) is 5.78 Å². The summed E-state index contributed by atoms with van der Waals surface area (Å²) in [7, 11) is 0. The van der Waals surface area contributed by atoms with Gasteiger partial charge < -0.3 is 4.98 Å². The molecule has 76 valence electrons. The minimum absolute atomic E-state index is 0.425. The van der Waals surface area contributed by atoms with Gasteiger partial charge in [-0.3, -0.25) is 4.79 Å². The fraction of sp³-hybridized carbons (Fsp3) is 0.583. The van der Waals surface area contributed by atoms with Gasteiger partial charge in [-0.25, -0.2) is 0 Å². The Hall–Kier alpha value is -1.05. The first-order valence-corrected chi connectivity index (χ1v) is 5.46. The number of hydrogen-bond acceptors (Lipinski definition) is 1. The quantitative estimate of drug-likeness (QED) is 0.766. The summed E-state index contributed by atoms with van der Waals surface area (Å²) in [6.45, 7) is 2.22. The number of hydrogen-bond donors (Lipinski definition) is 1. The molecule has 0 spiro atoms. The highest BCUT2D eigenvalue weighted by molar-refractivity contribution is 5.80. The summed E-state index contributed by atoms with van der Waals surface area (Å²) in [6.07, 6.45) is 5.71. The van der Waals surface area contributed by atoms with Crippen LogP contribution in [-0.4, -0.2) is 10.8 Å². The maximum Gasteiger partial charge on any atom is 0.133 e. The maximum absolute atomic E-state index is 11.4. The number of carbonyl (C=O) groups excluding carboxylic acids is 1. The van der Waals surface area contributed by atoms with Crippen LogP contribution in [0.5, 0.6) is 0 Å². The SMILES string of the molecule is CCC1CCC(=O)CC1c1ccc[nH]1. The molecule has 1 aliphatic rings. The summed E-state index contributed by atoms with van der Waals surface area (Å²) in [4.78, 5) is 14.7. The second-order valence-electron chi connectivity index (χ2n) is 4.18. The minimum Gasteiger partial charge on any atom is -0.365 e. The molecule has 0 saturated heterocycles. The lowest BCUT2D eigenvalue weighted by Gasteiger charge is -2.29. The number of H-pyrrole nitrogens is 1. The number of aromatic amines is 1. The summed E-state index contributed by atoms with van der Waals surface area (Å²) in [5, 5.41) is 0. The number of nitrogens with one attached hydrogen (secondary N) is 1. The molecule has 2 unspecified atom stereocenters. The van der Waals surface area contributed by atoms with Gasteiger partial charge in [-0.15, -0.1) is 0 Å². The van der Waals surface area contributed by atoms with Crippen LogP contribution in [0.15, 0.2) is 18.3 Å². The van der Waals surface area contributed by atoms with Crippen LogP contribution >= 0.6 is 0 Å². The summed E-state index contributed by atoms with van der Waals surface area (Å²) in [6, 6.07) is 4.12. The van der Waals surface area contributed by atoms with Crippen LogP contribution < -0.4 is 0 Å². The highest BCUT2D eigenvalue weighted by atomic mass is 16.1. The summed E-state index contributed by atoms with van der Waals surface area (Å²) in [5.41, 5.74) is 1.24. The Morgan fingerprint density at radius 3 is 3.07 bits per heavy atom. The van der Waals surface area contributed by atoms with Crippen LogP contribution in [0, 0.1) is 5.92 Å². The molecule has 1 N–H and O–H groups in total. The Morgan fingerprint density at radius 2 is 2.43 bits per heavy atom. The van der Waals surface area contributed by atoms with Crippen molar-refractivity contribution in [3.05, 3.63) is 24.0 Å². The first-order valence-electron chi connectivity index (χ1n) is 5.46. The first kappa shape index (κ1) is 9.50. The third-order valence-corrected chi connectivity index (χ3v) is 3.36. The van der Waals surface area contributed by atoms with Gasteiger partial charge in [0.05, 0.1) is 0 Å². The average molecular weight is 191 g/mol. The van der Waals surface area contributed by atoms with Crippen LogP contribution in [0.1, 0.15) is 44.2 Å². The number of carbonyl (C=O) groups is 1. The van der Waals surface area contributed by atoms with Gasteiger partial charge in [0, 0.05) is 30.7 Å². The third-order valence-electron chi connectivity index (χ3n) is 3.36. The van der Waals surface area contributed by atoms with E-state index in [-0.39, 0.29) is 0 Å². The lowest BCUT2D eigenvalue weighted by atomic mass is 9.76. The molecule has 2 nitrogen and oxygen atoms in total. The predicted octanol–water partition coefficient (Wildman–Crippen LogP) is 2.88. The molecule has 0 aliphatic heterocycles. The van der Waals surface area contributed by atoms with E-state index in [1.54, 1.807) is 0 Å². The highest BCUT2D eigenvalue weighted by Gasteiger charge is 2.29. The molecule has 2 rings (SSSR count). The standard InChI is InChI=1S/C12H17NO/c1-2-9-5-6-10(14)8-11(9)12-4-3-7-13-12/h3-4,7,9,11,13H,2,5-6,8H2,1H3. The molecule has 1 heterocycles. The third kappa shape index (κ3) is 1.74. The Labute approximate surface area is 84.7 Å². The van der Waals surface area contributed by atoms with Crippen LogP contribution in [0.3, 0.4) is 0 Å². The van der Waals surface area contributed by atoms with Crippen molar-refractivity contribution in [3.8, 4) is 0 Å². The van der Waals surface area contributed by atoms with E-state index in [1.165, 1.54) is 12.1 Å². The van der Waals surface area contributed by atoms with Gasteiger partial charge in [0.15, 0.2) is 0 Å². The van der Waals surface area contributed by atoms with Gasteiger partial charge in [0.2, 0.25) is 0 Å². The molecule has 1 aromatic rings. The van der Waals surface area contributed by atoms with Crippen molar-refractivity contribution in [1.82, 2.24) is 4.98 Å². The summed E-state index contributed by atoms with van der Waals surface area (Å²) in [5.74, 6) is 1.55. The van der Waals surface area contributed by atoms with Crippen molar-refractivity contribution >= 4 is 5.78 Å². The predicted molar refractivity (Wildman–Crippen MR) is 56.2 cm³/mol. The molecule has 2 atom stereocenters. The summed E-state index contributed by atoms with van der Waals surface area (Å²) < 4.78 is 0. The molecule has 1 aliphatic carbocycles. The Morgan fingerprint density at radius 1 is 1.57 bits per heavy atom. The molecular formula is C12H17NO. The van der Waals surface area contributed by atoms with E-state index in [0.29, 0.717) is 17.6 Å². The van der Waals surface area contributed by atoms with Gasteiger partial charge in [0.25, 0.3) is 0 Å². The fourth-order valence-electron chi connectivity index (χ4n) is 2.49. The zero-order valence-corrected chi connectivity index (χ0v) is 8.62. The van der Waals surface area contributed by atoms with Crippen molar-refractivity contribution in [1.29, 1.82) is 0 Å². The number of aromatic nitrogens is 1. The Bertz CT molecular complexity index is 302. The Balaban J connectivity index is 2.17. The average Bonchev–Trinajstić information content (AvgIpc) is 2.70. The van der Waals surface area contributed by atoms with Crippen molar-refractivity contribution in [2.45, 2.75) is 38.5 Å². The molecule has 0 bridgehead atoms. The van der Waals surface area contributed by atoms with Crippen LogP contribution in [-0.2, 0) is 4.79 Å². The van der Waals surface area contributed by atoms with Crippen molar-refractivity contribution < 1.29 is 4.79 Å². The maximum atomic E-state index is 11.4. The number of ketones is 1. The largest absolute Gasteiger partial charge is 0.365 e. The van der Waals surface area contributed by atoms with Crippen molar-refractivity contribution in [2.75, 3.05) is 0 Å². The smallest absolute Gasteiger partial charge is 0.133 e. The molecule has 0 amide bonds. The molecule has 1 fully saturated rings. The second kappa shape index (κ2) is 3.99. The van der Waals surface area contributed by atoms with E-state index < -0.39 is 0 Å². The minimum atomic E-state index is 0.425. The van der Waals surface area contributed by atoms with Gasteiger partial charge >= 0.3 is 0 Å². The molecule has 1 saturated carbocycles. The summed E-state index contributed by atoms with van der Waals surface area (Å²) >= 11 is 0. The van der Waals surface area contributed by atoms with Crippen molar-refractivity contribution in [3.63, 3.8) is 0 Å². The van der Waals surface area contributed by atoms with E-state index in [1.807, 2.05) is 12.3 Å². The number of rotatable bonds is 2. The topological polar surface area (TPSA) is 32.9 Å². The molecule has 2 heteroatoms. The zero-order chi connectivity index (χ0) is 9.97. The molecule has 0 aromatic carbocycles. The molecular weight excluding hydrogens is 174 g/mol. The van der Waals surface area contributed by atoms with Gasteiger partial charge in [-0.1, -0.05) is 13.3 Å². The van der Waals surface area contributed by atoms with E-state index >= 15 is 0 Å². The van der Waals surface area contributed by atoms with E-state index in [2.05, 4.69) is 18.0 Å². The van der Waals surface area contributed by atoms with Gasteiger partial charge in [-0.2, -0.15) is 0 Å².